The molecular formula is C11H22ClN3S. The smallest absolute Gasteiger partial charge is 0.0795 e. The molecule has 0 aliphatic rings. The molecule has 5 heteroatoms. The number of hydrogen-bond acceptors (Lipinski definition) is 4. The van der Waals surface area contributed by atoms with Gasteiger partial charge in [-0.1, -0.05) is 0 Å². The van der Waals surface area contributed by atoms with Crippen LogP contribution in [0.25, 0.3) is 0 Å². The third-order valence-corrected chi connectivity index (χ3v) is 3.17. The third-order valence-electron chi connectivity index (χ3n) is 2.54. The summed E-state index contributed by atoms with van der Waals surface area (Å²) in [6.07, 6.45) is 1.19. The van der Waals surface area contributed by atoms with Gasteiger partial charge < -0.3 is 10.2 Å². The van der Waals surface area contributed by atoms with Gasteiger partial charge in [0.2, 0.25) is 0 Å². The highest BCUT2D eigenvalue weighted by molar-refractivity contribution is 7.07. The number of aromatic nitrogens is 1. The van der Waals surface area contributed by atoms with Crippen LogP contribution in [0.2, 0.25) is 0 Å². The van der Waals surface area contributed by atoms with E-state index < -0.39 is 0 Å². The molecule has 1 aromatic heterocycles. The van der Waals surface area contributed by atoms with Crippen molar-refractivity contribution in [2.45, 2.75) is 32.9 Å². The van der Waals surface area contributed by atoms with Gasteiger partial charge in [0.15, 0.2) is 0 Å². The zero-order chi connectivity index (χ0) is 11.1. The molecule has 0 fully saturated rings. The van der Waals surface area contributed by atoms with Crippen molar-refractivity contribution >= 4 is 23.7 Å². The number of nitrogens with one attached hydrogen (secondary N) is 1. The minimum Gasteiger partial charge on any atom is -0.311 e. The Morgan fingerprint density at radius 1 is 1.50 bits per heavy atom. The zero-order valence-corrected chi connectivity index (χ0v) is 11.9. The van der Waals surface area contributed by atoms with E-state index in [1.165, 1.54) is 6.42 Å². The molecule has 0 saturated carbocycles. The molecule has 3 nitrogen and oxygen atoms in total. The quantitative estimate of drug-likeness (QED) is 0.766. The van der Waals surface area contributed by atoms with Crippen molar-refractivity contribution < 1.29 is 0 Å². The predicted octanol–water partition coefficient (Wildman–Crippen LogP) is 2.38. The summed E-state index contributed by atoms with van der Waals surface area (Å²) in [7, 11) is 2.17. The average molecular weight is 264 g/mol. The Balaban J connectivity index is 0.00000225. The van der Waals surface area contributed by atoms with Gasteiger partial charge in [0.05, 0.1) is 11.2 Å². The summed E-state index contributed by atoms with van der Waals surface area (Å²) in [6, 6.07) is 0.642. The summed E-state index contributed by atoms with van der Waals surface area (Å²) in [5, 5.41) is 5.49. The van der Waals surface area contributed by atoms with Crippen LogP contribution in [0.4, 0.5) is 0 Å². The molecule has 0 spiro atoms. The van der Waals surface area contributed by atoms with Crippen LogP contribution in [-0.2, 0) is 6.54 Å². The first-order chi connectivity index (χ1) is 7.20. The molecule has 1 aromatic rings. The average Bonchev–Trinajstić information content (AvgIpc) is 2.69. The van der Waals surface area contributed by atoms with E-state index in [0.29, 0.717) is 6.04 Å². The van der Waals surface area contributed by atoms with E-state index in [1.807, 2.05) is 5.51 Å². The van der Waals surface area contributed by atoms with Crippen LogP contribution in [0.15, 0.2) is 10.9 Å². The van der Waals surface area contributed by atoms with E-state index in [4.69, 9.17) is 0 Å². The second kappa shape index (κ2) is 8.93. The Morgan fingerprint density at radius 3 is 2.81 bits per heavy atom. The SMILES string of the molecule is CC(C)N(C)CCCNCc1cscn1.Cl. The Labute approximate surface area is 109 Å². The maximum absolute atomic E-state index is 4.22. The number of halogens is 1. The standard InChI is InChI=1S/C11H21N3S.ClH/c1-10(2)14(3)6-4-5-12-7-11-8-15-9-13-11;/h8-10,12H,4-7H2,1-3H3;1H. The van der Waals surface area contributed by atoms with Gasteiger partial charge in [-0.3, -0.25) is 0 Å². The van der Waals surface area contributed by atoms with Crippen molar-refractivity contribution in [3.05, 3.63) is 16.6 Å². The first-order valence-corrected chi connectivity index (χ1v) is 6.42. The van der Waals surface area contributed by atoms with Crippen LogP contribution >= 0.6 is 23.7 Å². The number of nitrogens with zero attached hydrogens (tertiary/aromatic N) is 2. The molecule has 0 amide bonds. The Hall–Kier alpha value is -0.160. The van der Waals surface area contributed by atoms with Crippen molar-refractivity contribution in [3.63, 3.8) is 0 Å². The minimum atomic E-state index is 0. The lowest BCUT2D eigenvalue weighted by Gasteiger charge is -2.20. The summed E-state index contributed by atoms with van der Waals surface area (Å²) in [4.78, 5) is 6.59. The van der Waals surface area contributed by atoms with Crippen molar-refractivity contribution in [2.24, 2.45) is 0 Å². The third kappa shape index (κ3) is 6.43. The highest BCUT2D eigenvalue weighted by Gasteiger charge is 2.01. The summed E-state index contributed by atoms with van der Waals surface area (Å²) in [5.41, 5.74) is 3.03. The van der Waals surface area contributed by atoms with E-state index in [1.54, 1.807) is 11.3 Å². The van der Waals surface area contributed by atoms with Crippen LogP contribution in [0.3, 0.4) is 0 Å². The minimum absolute atomic E-state index is 0. The number of rotatable bonds is 7. The molecule has 0 atom stereocenters. The largest absolute Gasteiger partial charge is 0.311 e. The molecule has 0 bridgehead atoms. The van der Waals surface area contributed by atoms with Crippen molar-refractivity contribution in [1.82, 2.24) is 15.2 Å². The van der Waals surface area contributed by atoms with Gasteiger partial charge in [0.1, 0.15) is 0 Å². The van der Waals surface area contributed by atoms with Gasteiger partial charge in [-0.2, -0.15) is 0 Å². The molecule has 0 aliphatic heterocycles. The Bertz CT molecular complexity index is 252. The number of thiazole rings is 1. The molecule has 1 N–H and O–H groups in total. The van der Waals surface area contributed by atoms with Gasteiger partial charge in [-0.05, 0) is 40.4 Å². The summed E-state index contributed by atoms with van der Waals surface area (Å²) in [5.74, 6) is 0. The predicted molar refractivity (Wildman–Crippen MR) is 73.5 cm³/mol. The molecule has 94 valence electrons. The molecule has 1 heterocycles. The van der Waals surface area contributed by atoms with Crippen LogP contribution in [0.5, 0.6) is 0 Å². The number of hydrogen-bond donors (Lipinski definition) is 1. The summed E-state index contributed by atoms with van der Waals surface area (Å²) in [6.45, 7) is 7.57. The lowest BCUT2D eigenvalue weighted by atomic mass is 10.3. The monoisotopic (exact) mass is 263 g/mol. The van der Waals surface area contributed by atoms with Gasteiger partial charge in [0, 0.05) is 18.0 Å². The molecule has 0 aliphatic carbocycles. The Morgan fingerprint density at radius 2 is 2.25 bits per heavy atom. The summed E-state index contributed by atoms with van der Waals surface area (Å²) >= 11 is 1.65. The molecule has 1 rings (SSSR count). The fraction of sp³-hybridized carbons (Fsp3) is 0.727. The maximum Gasteiger partial charge on any atom is 0.0795 e. The maximum atomic E-state index is 4.22. The first kappa shape index (κ1) is 15.8. The van der Waals surface area contributed by atoms with Crippen LogP contribution < -0.4 is 5.32 Å². The topological polar surface area (TPSA) is 28.2 Å². The highest BCUT2D eigenvalue weighted by Crippen LogP contribution is 2.00. The molecule has 0 aromatic carbocycles. The summed E-state index contributed by atoms with van der Waals surface area (Å²) < 4.78 is 0. The molecule has 0 unspecified atom stereocenters. The van der Waals surface area contributed by atoms with E-state index in [0.717, 1.165) is 25.3 Å². The molecule has 16 heavy (non-hydrogen) atoms. The van der Waals surface area contributed by atoms with Crippen LogP contribution in [-0.4, -0.2) is 36.1 Å². The first-order valence-electron chi connectivity index (χ1n) is 5.48. The van der Waals surface area contributed by atoms with Gasteiger partial charge in [0.25, 0.3) is 0 Å². The van der Waals surface area contributed by atoms with E-state index in [2.05, 4.69) is 41.5 Å². The van der Waals surface area contributed by atoms with Crippen LogP contribution in [0.1, 0.15) is 26.0 Å². The van der Waals surface area contributed by atoms with Crippen molar-refractivity contribution in [1.29, 1.82) is 0 Å². The molecule has 0 radical (unpaired) electrons. The zero-order valence-electron chi connectivity index (χ0n) is 10.3. The van der Waals surface area contributed by atoms with E-state index in [9.17, 15) is 0 Å². The second-order valence-electron chi connectivity index (χ2n) is 4.08. The lowest BCUT2D eigenvalue weighted by molar-refractivity contribution is 0.269. The fourth-order valence-corrected chi connectivity index (χ4v) is 1.81. The highest BCUT2D eigenvalue weighted by atomic mass is 35.5. The fourth-order valence-electron chi connectivity index (χ4n) is 1.25. The normalized spacial score (nSPS) is 10.8. The van der Waals surface area contributed by atoms with Crippen LogP contribution in [0, 0.1) is 0 Å². The van der Waals surface area contributed by atoms with Gasteiger partial charge >= 0.3 is 0 Å². The van der Waals surface area contributed by atoms with Gasteiger partial charge in [-0.15, -0.1) is 23.7 Å². The van der Waals surface area contributed by atoms with E-state index in [-0.39, 0.29) is 12.4 Å². The van der Waals surface area contributed by atoms with Crippen molar-refractivity contribution in [2.75, 3.05) is 20.1 Å². The van der Waals surface area contributed by atoms with E-state index >= 15 is 0 Å². The second-order valence-corrected chi connectivity index (χ2v) is 4.80. The molecular weight excluding hydrogens is 242 g/mol. The van der Waals surface area contributed by atoms with Gasteiger partial charge in [-0.25, -0.2) is 4.98 Å². The molecule has 0 saturated heterocycles. The lowest BCUT2D eigenvalue weighted by Crippen LogP contribution is -2.29. The van der Waals surface area contributed by atoms with Crippen molar-refractivity contribution in [3.8, 4) is 0 Å². The Kier molecular flexibility index (Phi) is 8.84.